The minimum absolute atomic E-state index is 0.197. The van der Waals surface area contributed by atoms with Crippen LogP contribution in [0.25, 0.3) is 0 Å². The van der Waals surface area contributed by atoms with Crippen LogP contribution in [-0.2, 0) is 0 Å². The summed E-state index contributed by atoms with van der Waals surface area (Å²) in [5, 5.41) is 10.2. The molecule has 1 aliphatic rings. The first-order valence-corrected chi connectivity index (χ1v) is 3.92. The molecule has 0 atom stereocenters. The van der Waals surface area contributed by atoms with Crippen LogP contribution in [0.4, 0.5) is 0 Å². The molecule has 12 heavy (non-hydrogen) atoms. The van der Waals surface area contributed by atoms with E-state index < -0.39 is 0 Å². The third-order valence-electron chi connectivity index (χ3n) is 1.32. The molecular weight excluding hydrogens is 156 g/mol. The highest BCUT2D eigenvalue weighted by Crippen LogP contribution is 2.14. The Bertz CT molecular complexity index is 209. The van der Waals surface area contributed by atoms with Crippen molar-refractivity contribution in [1.29, 1.82) is 0 Å². The Hall–Kier alpha value is -1.19. The van der Waals surface area contributed by atoms with Gasteiger partial charge in [0.15, 0.2) is 0 Å². The largest absolute Gasteiger partial charge is 0.337 e. The molecule has 0 fully saturated rings. The first-order valence-electron chi connectivity index (χ1n) is 3.92. The van der Waals surface area contributed by atoms with Crippen molar-refractivity contribution in [3.05, 3.63) is 28.4 Å². The zero-order valence-corrected chi connectivity index (χ0v) is 7.57. The predicted molar refractivity (Wildman–Crippen MR) is 48.5 cm³/mol. The second-order valence-corrected chi connectivity index (χ2v) is 2.01. The van der Waals surface area contributed by atoms with E-state index in [0.717, 1.165) is 0 Å². The van der Waals surface area contributed by atoms with Crippen LogP contribution in [0.3, 0.4) is 0 Å². The van der Waals surface area contributed by atoms with E-state index in [2.05, 4.69) is 4.99 Å². The van der Waals surface area contributed by atoms with Gasteiger partial charge in [-0.25, -0.2) is 0 Å². The standard InChI is InChI=1S/C6H7N2O2.C2H6/c1-5-6(8(9)10)3-2-4-7-5;1-2/h2,4H,3H2,1H3;1-2H3. The summed E-state index contributed by atoms with van der Waals surface area (Å²) >= 11 is 0. The molecule has 4 nitrogen and oxygen atoms in total. The van der Waals surface area contributed by atoms with E-state index in [-0.39, 0.29) is 11.0 Å². The van der Waals surface area contributed by atoms with Crippen molar-refractivity contribution in [3.63, 3.8) is 0 Å². The molecule has 0 bridgehead atoms. The number of hydrogen-bond donors (Lipinski definition) is 0. The van der Waals surface area contributed by atoms with E-state index in [4.69, 9.17) is 0 Å². The van der Waals surface area contributed by atoms with Gasteiger partial charge >= 0.3 is 6.04 Å². The fraction of sp³-hybridized carbons (Fsp3) is 0.500. The molecular formula is C8H13N2O2. The van der Waals surface area contributed by atoms with Gasteiger partial charge in [0.05, 0.1) is 12.1 Å². The SMILES string of the molecule is CC.CC1=NC=CC[C]1[N+](=O)[O-]. The lowest BCUT2D eigenvalue weighted by Crippen LogP contribution is -2.18. The van der Waals surface area contributed by atoms with E-state index in [1.54, 1.807) is 19.2 Å². The molecule has 0 amide bonds. The van der Waals surface area contributed by atoms with E-state index in [1.807, 2.05) is 13.8 Å². The van der Waals surface area contributed by atoms with Gasteiger partial charge in [-0.05, 0) is 6.92 Å². The molecule has 4 heteroatoms. The van der Waals surface area contributed by atoms with Crippen LogP contribution in [0.5, 0.6) is 0 Å². The van der Waals surface area contributed by atoms with Crippen molar-refractivity contribution >= 4 is 5.71 Å². The Morgan fingerprint density at radius 3 is 2.50 bits per heavy atom. The Morgan fingerprint density at radius 1 is 1.58 bits per heavy atom. The number of rotatable bonds is 1. The van der Waals surface area contributed by atoms with Crippen molar-refractivity contribution in [3.8, 4) is 0 Å². The fourth-order valence-electron chi connectivity index (χ4n) is 0.758. The van der Waals surface area contributed by atoms with E-state index in [9.17, 15) is 10.1 Å². The number of nitro groups is 1. The van der Waals surface area contributed by atoms with Crippen LogP contribution < -0.4 is 0 Å². The highest BCUT2D eigenvalue weighted by atomic mass is 16.6. The quantitative estimate of drug-likeness (QED) is 0.446. The van der Waals surface area contributed by atoms with Gasteiger partial charge in [-0.1, -0.05) is 19.9 Å². The summed E-state index contributed by atoms with van der Waals surface area (Å²) in [6.07, 6.45) is 3.65. The van der Waals surface area contributed by atoms with Gasteiger partial charge in [0, 0.05) is 11.1 Å². The maximum atomic E-state index is 10.2. The Labute approximate surface area is 72.2 Å². The average Bonchev–Trinajstić information content (AvgIpc) is 2.08. The summed E-state index contributed by atoms with van der Waals surface area (Å²) in [6, 6.07) is 0.197. The first-order chi connectivity index (χ1) is 5.72. The summed E-state index contributed by atoms with van der Waals surface area (Å²) in [4.78, 5) is 13.6. The summed E-state index contributed by atoms with van der Waals surface area (Å²) in [7, 11) is 0. The lowest BCUT2D eigenvalue weighted by atomic mass is 10.1. The molecule has 0 aromatic rings. The molecule has 0 spiro atoms. The van der Waals surface area contributed by atoms with Crippen LogP contribution in [0.2, 0.25) is 0 Å². The minimum Gasteiger partial charge on any atom is -0.263 e. The molecule has 1 aliphatic heterocycles. The Balaban J connectivity index is 0.000000561. The van der Waals surface area contributed by atoms with Gasteiger partial charge < -0.3 is 0 Å². The number of hydrogen-bond acceptors (Lipinski definition) is 3. The normalized spacial score (nSPS) is 16.1. The van der Waals surface area contributed by atoms with Crippen LogP contribution >= 0.6 is 0 Å². The zero-order chi connectivity index (χ0) is 9.56. The molecule has 0 aromatic carbocycles. The van der Waals surface area contributed by atoms with Crippen LogP contribution in [-0.4, -0.2) is 10.6 Å². The third-order valence-corrected chi connectivity index (χ3v) is 1.32. The zero-order valence-electron chi connectivity index (χ0n) is 7.57. The second kappa shape index (κ2) is 5.46. The highest BCUT2D eigenvalue weighted by molar-refractivity contribution is 5.94. The van der Waals surface area contributed by atoms with Crippen LogP contribution in [0, 0.1) is 16.2 Å². The fourth-order valence-corrected chi connectivity index (χ4v) is 0.758. The number of aliphatic imine (C=N–C) groups is 1. The molecule has 0 saturated carbocycles. The summed E-state index contributed by atoms with van der Waals surface area (Å²) < 4.78 is 0. The topological polar surface area (TPSA) is 55.5 Å². The van der Waals surface area contributed by atoms with Gasteiger partial charge in [-0.15, -0.1) is 0 Å². The summed E-state index contributed by atoms with van der Waals surface area (Å²) in [5.41, 5.74) is 0.507. The van der Waals surface area contributed by atoms with Gasteiger partial charge in [-0.2, -0.15) is 0 Å². The second-order valence-electron chi connectivity index (χ2n) is 2.01. The van der Waals surface area contributed by atoms with Gasteiger partial charge in [0.2, 0.25) is 0 Å². The molecule has 1 rings (SSSR count). The average molecular weight is 169 g/mol. The van der Waals surface area contributed by atoms with Crippen molar-refractivity contribution in [2.75, 3.05) is 0 Å². The molecule has 67 valence electrons. The molecule has 0 saturated heterocycles. The maximum Gasteiger partial charge on any atom is 0.337 e. The van der Waals surface area contributed by atoms with E-state index in [0.29, 0.717) is 12.1 Å². The lowest BCUT2D eigenvalue weighted by molar-refractivity contribution is -0.452. The van der Waals surface area contributed by atoms with Crippen molar-refractivity contribution in [2.24, 2.45) is 4.99 Å². The van der Waals surface area contributed by atoms with Gasteiger partial charge in [0.25, 0.3) is 0 Å². The Kier molecular flexibility index (Phi) is 4.92. The molecule has 0 unspecified atom stereocenters. The first kappa shape index (κ1) is 10.8. The number of nitrogens with zero attached hydrogens (tertiary/aromatic N) is 2. The van der Waals surface area contributed by atoms with Gasteiger partial charge in [0.1, 0.15) is 0 Å². The highest BCUT2D eigenvalue weighted by Gasteiger charge is 2.26. The lowest BCUT2D eigenvalue weighted by Gasteiger charge is -2.05. The smallest absolute Gasteiger partial charge is 0.263 e. The van der Waals surface area contributed by atoms with Gasteiger partial charge in [-0.3, -0.25) is 15.1 Å². The molecule has 0 aromatic heterocycles. The van der Waals surface area contributed by atoms with E-state index in [1.165, 1.54) is 0 Å². The van der Waals surface area contributed by atoms with Crippen LogP contribution in [0.1, 0.15) is 27.2 Å². The molecule has 1 radical (unpaired) electrons. The van der Waals surface area contributed by atoms with E-state index >= 15 is 0 Å². The Morgan fingerprint density at radius 2 is 2.17 bits per heavy atom. The minimum atomic E-state index is -0.387. The van der Waals surface area contributed by atoms with Crippen molar-refractivity contribution < 1.29 is 4.92 Å². The molecule has 0 N–H and O–H groups in total. The monoisotopic (exact) mass is 169 g/mol. The summed E-state index contributed by atoms with van der Waals surface area (Å²) in [6.45, 7) is 5.64. The molecule has 0 aliphatic carbocycles. The summed E-state index contributed by atoms with van der Waals surface area (Å²) in [5.74, 6) is 0. The predicted octanol–water partition coefficient (Wildman–Crippen LogP) is 2.20. The maximum absolute atomic E-state index is 10.2. The van der Waals surface area contributed by atoms with Crippen molar-refractivity contribution in [1.82, 2.24) is 0 Å². The third kappa shape index (κ3) is 2.82. The van der Waals surface area contributed by atoms with Crippen LogP contribution in [0.15, 0.2) is 17.3 Å². The van der Waals surface area contributed by atoms with Crippen molar-refractivity contribution in [2.45, 2.75) is 27.2 Å². The molecule has 1 heterocycles.